The average molecular weight is 377 g/mol. The van der Waals surface area contributed by atoms with Gasteiger partial charge in [-0.1, -0.05) is 15.9 Å². The Morgan fingerprint density at radius 3 is 2.65 bits per heavy atom. The highest BCUT2D eigenvalue weighted by molar-refractivity contribution is 9.10. The minimum absolute atomic E-state index is 0.0530. The van der Waals surface area contributed by atoms with Crippen molar-refractivity contribution >= 4 is 38.4 Å². The van der Waals surface area contributed by atoms with Crippen LogP contribution in [0, 0.1) is 18.6 Å². The molecule has 0 atom stereocenters. The van der Waals surface area contributed by atoms with Gasteiger partial charge in [-0.3, -0.25) is 9.78 Å². The van der Waals surface area contributed by atoms with Gasteiger partial charge in [-0.05, 0) is 49.4 Å². The molecule has 6 heteroatoms. The SMILES string of the molecule is Cc1cc(C(=O)Nc2ccc(Br)cc2F)c2cc(F)ccc2n1. The molecule has 1 amide bonds. The van der Waals surface area contributed by atoms with Crippen molar-refractivity contribution in [2.24, 2.45) is 0 Å². The van der Waals surface area contributed by atoms with Crippen LogP contribution in [0.3, 0.4) is 0 Å². The Balaban J connectivity index is 2.05. The zero-order valence-electron chi connectivity index (χ0n) is 12.0. The van der Waals surface area contributed by atoms with E-state index in [0.717, 1.165) is 0 Å². The van der Waals surface area contributed by atoms with E-state index in [1.165, 1.54) is 30.3 Å². The third kappa shape index (κ3) is 3.22. The highest BCUT2D eigenvalue weighted by Gasteiger charge is 2.15. The van der Waals surface area contributed by atoms with Crippen LogP contribution in [0.25, 0.3) is 10.9 Å². The fourth-order valence-electron chi connectivity index (χ4n) is 2.30. The number of halogens is 3. The Morgan fingerprint density at radius 1 is 1.13 bits per heavy atom. The molecule has 0 radical (unpaired) electrons. The summed E-state index contributed by atoms with van der Waals surface area (Å²) < 4.78 is 27.9. The predicted octanol–water partition coefficient (Wildman–Crippen LogP) is 4.84. The van der Waals surface area contributed by atoms with E-state index in [9.17, 15) is 13.6 Å². The monoisotopic (exact) mass is 376 g/mol. The van der Waals surface area contributed by atoms with E-state index in [1.807, 2.05) is 0 Å². The van der Waals surface area contributed by atoms with Crippen LogP contribution >= 0.6 is 15.9 Å². The van der Waals surface area contributed by atoms with E-state index in [0.29, 0.717) is 21.1 Å². The number of carbonyl (C=O) groups excluding carboxylic acids is 1. The Morgan fingerprint density at radius 2 is 1.91 bits per heavy atom. The molecule has 2 aromatic carbocycles. The molecular weight excluding hydrogens is 366 g/mol. The average Bonchev–Trinajstić information content (AvgIpc) is 2.49. The van der Waals surface area contributed by atoms with Crippen molar-refractivity contribution in [3.63, 3.8) is 0 Å². The van der Waals surface area contributed by atoms with Crippen LogP contribution in [0.15, 0.2) is 46.9 Å². The van der Waals surface area contributed by atoms with E-state index < -0.39 is 17.5 Å². The summed E-state index contributed by atoms with van der Waals surface area (Å²) in [4.78, 5) is 16.8. The molecule has 3 rings (SSSR count). The second-order valence-corrected chi connectivity index (χ2v) is 5.97. The number of amides is 1. The molecule has 0 unspecified atom stereocenters. The predicted molar refractivity (Wildman–Crippen MR) is 88.5 cm³/mol. The van der Waals surface area contributed by atoms with Crippen LogP contribution in [0.1, 0.15) is 16.1 Å². The van der Waals surface area contributed by atoms with E-state index in [-0.39, 0.29) is 11.3 Å². The quantitative estimate of drug-likeness (QED) is 0.695. The standard InChI is InChI=1S/C17H11BrF2N2O/c1-9-6-13(12-8-11(19)3-5-15(12)21-9)17(23)22-16-4-2-10(18)7-14(16)20/h2-8H,1H3,(H,22,23). The maximum Gasteiger partial charge on any atom is 0.256 e. The molecule has 1 N–H and O–H groups in total. The summed E-state index contributed by atoms with van der Waals surface area (Å²) >= 11 is 3.15. The second kappa shape index (κ2) is 6.04. The number of benzene rings is 2. The van der Waals surface area contributed by atoms with Crippen molar-refractivity contribution in [1.82, 2.24) is 4.98 Å². The summed E-state index contributed by atoms with van der Waals surface area (Å²) in [5, 5.41) is 2.89. The van der Waals surface area contributed by atoms with Crippen molar-refractivity contribution < 1.29 is 13.6 Å². The number of fused-ring (bicyclic) bond motifs is 1. The molecule has 0 saturated carbocycles. The minimum Gasteiger partial charge on any atom is -0.319 e. The lowest BCUT2D eigenvalue weighted by molar-refractivity contribution is 0.102. The number of rotatable bonds is 2. The van der Waals surface area contributed by atoms with E-state index >= 15 is 0 Å². The smallest absolute Gasteiger partial charge is 0.256 e. The van der Waals surface area contributed by atoms with E-state index in [4.69, 9.17) is 0 Å². The van der Waals surface area contributed by atoms with Gasteiger partial charge in [-0.15, -0.1) is 0 Å². The lowest BCUT2D eigenvalue weighted by Crippen LogP contribution is -2.14. The Kier molecular flexibility index (Phi) is 4.09. The topological polar surface area (TPSA) is 42.0 Å². The molecule has 0 aliphatic carbocycles. The number of pyridine rings is 1. The van der Waals surface area contributed by atoms with Crippen LogP contribution in [0.4, 0.5) is 14.5 Å². The lowest BCUT2D eigenvalue weighted by Gasteiger charge is -2.10. The van der Waals surface area contributed by atoms with Crippen LogP contribution in [-0.2, 0) is 0 Å². The van der Waals surface area contributed by atoms with Gasteiger partial charge in [0, 0.05) is 15.6 Å². The summed E-state index contributed by atoms with van der Waals surface area (Å²) in [6, 6.07) is 9.91. The van der Waals surface area contributed by atoms with Crippen molar-refractivity contribution in [2.75, 3.05) is 5.32 Å². The number of carbonyl (C=O) groups is 1. The van der Waals surface area contributed by atoms with Gasteiger partial charge in [0.25, 0.3) is 5.91 Å². The first kappa shape index (κ1) is 15.6. The molecule has 0 aliphatic rings. The third-order valence-corrected chi connectivity index (χ3v) is 3.82. The zero-order valence-corrected chi connectivity index (χ0v) is 13.6. The number of hydrogen-bond acceptors (Lipinski definition) is 2. The van der Waals surface area contributed by atoms with Gasteiger partial charge in [0.05, 0.1) is 16.8 Å². The van der Waals surface area contributed by atoms with Gasteiger partial charge >= 0.3 is 0 Å². The first-order valence-corrected chi connectivity index (χ1v) is 7.56. The Hall–Kier alpha value is -2.34. The molecule has 3 nitrogen and oxygen atoms in total. The molecule has 1 aromatic heterocycles. The van der Waals surface area contributed by atoms with Gasteiger partial charge < -0.3 is 5.32 Å². The third-order valence-electron chi connectivity index (χ3n) is 3.32. The molecular formula is C17H11BrF2N2O. The second-order valence-electron chi connectivity index (χ2n) is 5.05. The highest BCUT2D eigenvalue weighted by atomic mass is 79.9. The normalized spacial score (nSPS) is 10.8. The summed E-state index contributed by atoms with van der Waals surface area (Å²) in [7, 11) is 0. The molecule has 3 aromatic rings. The molecule has 0 aliphatic heterocycles. The molecule has 23 heavy (non-hydrogen) atoms. The first-order chi connectivity index (χ1) is 10.9. The van der Waals surface area contributed by atoms with Gasteiger partial charge in [0.1, 0.15) is 11.6 Å². The maximum absolute atomic E-state index is 13.9. The van der Waals surface area contributed by atoms with Crippen molar-refractivity contribution in [3.05, 3.63) is 69.8 Å². The number of aromatic nitrogens is 1. The fraction of sp³-hybridized carbons (Fsp3) is 0.0588. The molecule has 0 saturated heterocycles. The summed E-state index contributed by atoms with van der Waals surface area (Å²) in [6.07, 6.45) is 0. The van der Waals surface area contributed by atoms with Crippen molar-refractivity contribution in [2.45, 2.75) is 6.92 Å². The zero-order chi connectivity index (χ0) is 16.6. The van der Waals surface area contributed by atoms with Crippen LogP contribution in [0.2, 0.25) is 0 Å². The molecule has 0 bridgehead atoms. The fourth-order valence-corrected chi connectivity index (χ4v) is 2.63. The molecule has 116 valence electrons. The number of aryl methyl sites for hydroxylation is 1. The van der Waals surface area contributed by atoms with Gasteiger partial charge in [0.15, 0.2) is 0 Å². The first-order valence-electron chi connectivity index (χ1n) is 6.77. The molecule has 0 spiro atoms. The molecule has 1 heterocycles. The van der Waals surface area contributed by atoms with Crippen LogP contribution < -0.4 is 5.32 Å². The summed E-state index contributed by atoms with van der Waals surface area (Å²) in [6.45, 7) is 1.74. The number of anilines is 1. The minimum atomic E-state index is -0.561. The van der Waals surface area contributed by atoms with Crippen LogP contribution in [0.5, 0.6) is 0 Å². The van der Waals surface area contributed by atoms with E-state index in [2.05, 4.69) is 26.2 Å². The Bertz CT molecular complexity index is 928. The number of hydrogen-bond donors (Lipinski definition) is 1. The molecule has 0 fully saturated rings. The maximum atomic E-state index is 13.9. The van der Waals surface area contributed by atoms with Gasteiger partial charge in [-0.25, -0.2) is 8.78 Å². The Labute approximate surface area is 139 Å². The number of nitrogens with one attached hydrogen (secondary N) is 1. The lowest BCUT2D eigenvalue weighted by atomic mass is 10.1. The van der Waals surface area contributed by atoms with Crippen molar-refractivity contribution in [3.8, 4) is 0 Å². The summed E-state index contributed by atoms with van der Waals surface area (Å²) in [5.74, 6) is -1.55. The van der Waals surface area contributed by atoms with Crippen LogP contribution in [-0.4, -0.2) is 10.9 Å². The summed E-state index contributed by atoms with van der Waals surface area (Å²) in [5.41, 5.74) is 1.42. The van der Waals surface area contributed by atoms with Gasteiger partial charge in [0.2, 0.25) is 0 Å². The number of nitrogens with zero attached hydrogens (tertiary/aromatic N) is 1. The van der Waals surface area contributed by atoms with E-state index in [1.54, 1.807) is 19.1 Å². The largest absolute Gasteiger partial charge is 0.319 e. The highest BCUT2D eigenvalue weighted by Crippen LogP contribution is 2.23. The van der Waals surface area contributed by atoms with Crippen molar-refractivity contribution in [1.29, 1.82) is 0 Å². The van der Waals surface area contributed by atoms with Gasteiger partial charge in [-0.2, -0.15) is 0 Å².